The lowest BCUT2D eigenvalue weighted by atomic mass is 9.68. The van der Waals surface area contributed by atoms with Gasteiger partial charge < -0.3 is 24.8 Å². The number of anilines is 3. The average molecular weight is 645 g/mol. The number of nitrogens with zero attached hydrogens (tertiary/aromatic N) is 5. The van der Waals surface area contributed by atoms with Gasteiger partial charge in [-0.2, -0.15) is 5.26 Å². The Bertz CT molecular complexity index is 1770. The number of nitrogens with one attached hydrogen (secondary N) is 1. The molecule has 2 unspecified atom stereocenters. The minimum atomic E-state index is -0.679. The molecule has 1 aliphatic carbocycles. The number of rotatable bonds is 5. The number of hydrogen-bond acceptors (Lipinski definition) is 9. The first kappa shape index (κ1) is 31.6. The minimum Gasteiger partial charge on any atom is -0.495 e. The van der Waals surface area contributed by atoms with E-state index in [-0.39, 0.29) is 34.8 Å². The van der Waals surface area contributed by atoms with Crippen LogP contribution in [0.3, 0.4) is 0 Å². The van der Waals surface area contributed by atoms with Crippen molar-refractivity contribution < 1.29 is 24.2 Å². The number of nitriles is 1. The first-order valence-corrected chi connectivity index (χ1v) is 15.6. The zero-order valence-corrected chi connectivity index (χ0v) is 27.5. The Morgan fingerprint density at radius 3 is 2.52 bits per heavy atom. The number of fused-ring (bicyclic) bond motifs is 3. The van der Waals surface area contributed by atoms with Crippen LogP contribution in [0.4, 0.5) is 22.1 Å². The maximum atomic E-state index is 13.3. The number of benzene rings is 2. The second-order valence-electron chi connectivity index (χ2n) is 13.9. The van der Waals surface area contributed by atoms with Crippen LogP contribution >= 0.6 is 11.6 Å². The van der Waals surface area contributed by atoms with Gasteiger partial charge in [-0.1, -0.05) is 25.4 Å². The van der Waals surface area contributed by atoms with Crippen molar-refractivity contribution in [3.8, 4) is 23.1 Å². The molecule has 7 rings (SSSR count). The van der Waals surface area contributed by atoms with Gasteiger partial charge in [0, 0.05) is 48.6 Å². The third-order valence-corrected chi connectivity index (χ3v) is 9.20. The lowest BCUT2D eigenvalue weighted by molar-refractivity contribution is -0.0970. The smallest absolute Gasteiger partial charge is 0.414 e. The van der Waals surface area contributed by atoms with Gasteiger partial charge in [0.1, 0.15) is 17.4 Å². The van der Waals surface area contributed by atoms with E-state index in [1.807, 2.05) is 40.7 Å². The molecule has 12 heteroatoms. The summed E-state index contributed by atoms with van der Waals surface area (Å²) in [5, 5.41) is 23.7. The molecule has 3 fully saturated rings. The van der Waals surface area contributed by atoms with E-state index in [9.17, 15) is 20.0 Å². The van der Waals surface area contributed by atoms with Gasteiger partial charge in [0.05, 0.1) is 46.4 Å². The third-order valence-electron chi connectivity index (χ3n) is 8.88. The van der Waals surface area contributed by atoms with E-state index < -0.39 is 17.1 Å². The number of aromatic nitrogens is 2. The summed E-state index contributed by atoms with van der Waals surface area (Å²) in [6.45, 7) is 10.8. The van der Waals surface area contributed by atoms with Crippen molar-refractivity contribution in [2.45, 2.75) is 58.2 Å². The molecule has 2 amide bonds. The van der Waals surface area contributed by atoms with Crippen molar-refractivity contribution in [3.05, 3.63) is 58.2 Å². The minimum absolute atomic E-state index is 0.110. The highest BCUT2D eigenvalue weighted by atomic mass is 35.5. The predicted octanol–water partition coefficient (Wildman–Crippen LogP) is 5.91. The van der Waals surface area contributed by atoms with Crippen LogP contribution in [0.2, 0.25) is 5.02 Å². The number of hydrogen-bond donors (Lipinski definition) is 2. The number of carbonyl (C=O) groups is 2. The zero-order chi connectivity index (χ0) is 33.1. The lowest BCUT2D eigenvalue weighted by Crippen LogP contribution is -2.59. The van der Waals surface area contributed by atoms with E-state index in [0.29, 0.717) is 59.1 Å². The van der Waals surface area contributed by atoms with Crippen molar-refractivity contribution in [2.24, 2.45) is 11.8 Å². The molecule has 11 nitrogen and oxygen atoms in total. The Morgan fingerprint density at radius 2 is 1.89 bits per heavy atom. The number of methoxy groups -OCH3 is 1. The molecule has 4 heterocycles. The molecule has 1 saturated carbocycles. The maximum Gasteiger partial charge on any atom is 0.414 e. The van der Waals surface area contributed by atoms with E-state index in [1.165, 1.54) is 12.0 Å². The summed E-state index contributed by atoms with van der Waals surface area (Å²) >= 11 is 6.62. The van der Waals surface area contributed by atoms with Crippen molar-refractivity contribution in [1.82, 2.24) is 14.9 Å². The Balaban J connectivity index is 1.28. The highest BCUT2D eigenvalue weighted by Gasteiger charge is 2.47. The van der Waals surface area contributed by atoms with Gasteiger partial charge in [-0.05, 0) is 63.1 Å². The number of ether oxygens (including phenoxy) is 2. The first-order chi connectivity index (χ1) is 21.7. The van der Waals surface area contributed by atoms with E-state index in [1.54, 1.807) is 35.4 Å². The predicted molar refractivity (Wildman–Crippen MR) is 174 cm³/mol. The normalized spacial score (nSPS) is 21.2. The monoisotopic (exact) mass is 644 g/mol. The van der Waals surface area contributed by atoms with Gasteiger partial charge in [0.2, 0.25) is 5.95 Å². The van der Waals surface area contributed by atoms with E-state index in [0.717, 1.165) is 12.0 Å². The van der Waals surface area contributed by atoms with Gasteiger partial charge in [0.15, 0.2) is 0 Å². The summed E-state index contributed by atoms with van der Waals surface area (Å²) in [5.74, 6) is 0.659. The van der Waals surface area contributed by atoms with Crippen LogP contribution in [-0.2, 0) is 10.2 Å². The number of amides is 2. The molecular weight excluding hydrogens is 608 g/mol. The van der Waals surface area contributed by atoms with Crippen LogP contribution < -0.4 is 15.0 Å². The largest absolute Gasteiger partial charge is 0.495 e. The fourth-order valence-electron chi connectivity index (χ4n) is 6.59. The number of aliphatic hydroxyl groups excluding tert-OH is 1. The number of aliphatic hydroxyl groups is 1. The van der Waals surface area contributed by atoms with E-state index >= 15 is 0 Å². The molecule has 2 N–H and O–H groups in total. The zero-order valence-electron chi connectivity index (χ0n) is 26.7. The summed E-state index contributed by atoms with van der Waals surface area (Å²) in [4.78, 5) is 38.8. The fourth-order valence-corrected chi connectivity index (χ4v) is 6.83. The van der Waals surface area contributed by atoms with Crippen LogP contribution in [0.1, 0.15) is 62.5 Å². The number of carbonyl (C=O) groups excluding carboxylic acids is 2. The Morgan fingerprint density at radius 1 is 1.17 bits per heavy atom. The molecule has 2 saturated heterocycles. The molecule has 2 atom stereocenters. The first-order valence-electron chi connectivity index (χ1n) is 15.2. The van der Waals surface area contributed by atoms with Crippen LogP contribution in [0.25, 0.3) is 11.3 Å². The van der Waals surface area contributed by atoms with Crippen LogP contribution in [0.5, 0.6) is 5.75 Å². The summed E-state index contributed by atoms with van der Waals surface area (Å²) in [6, 6.07) is 10.9. The topological polar surface area (TPSA) is 141 Å². The van der Waals surface area contributed by atoms with Crippen LogP contribution in [0, 0.1) is 23.2 Å². The third kappa shape index (κ3) is 5.72. The Hall–Kier alpha value is -4.40. The summed E-state index contributed by atoms with van der Waals surface area (Å²) < 4.78 is 11.3. The Labute approximate surface area is 273 Å². The molecule has 0 radical (unpaired) electrons. The van der Waals surface area contributed by atoms with Crippen molar-refractivity contribution >= 4 is 40.9 Å². The fraction of sp³-hybridized carbons (Fsp3) is 0.441. The average Bonchev–Trinajstić information content (AvgIpc) is 3.30. The lowest BCUT2D eigenvalue weighted by Gasteiger charge is -2.51. The van der Waals surface area contributed by atoms with Gasteiger partial charge in [-0.3, -0.25) is 9.69 Å². The standard InChI is InChI=1S/C34H37ClN6O5/c1-33(2,3)46-32(44)41-17-34(4,5)23-11-18(9-19(14-36)28(23)41)25-7-8-37-31(38-25)39-26-13-24(35)22(12-27(26)45-6)30(43)40-15-20-10-21(16-40)29(20)42/h7-9,11-13,20-21,29,42H,10,15-17H2,1-6H3,(H,37,38,39). The number of halogens is 1. The molecule has 240 valence electrons. The molecule has 4 aliphatic rings. The quantitative estimate of drug-likeness (QED) is 0.347. The summed E-state index contributed by atoms with van der Waals surface area (Å²) in [7, 11) is 1.50. The van der Waals surface area contributed by atoms with Crippen molar-refractivity contribution in [3.63, 3.8) is 0 Å². The summed E-state index contributed by atoms with van der Waals surface area (Å²) in [5.41, 5.74) is 2.65. The van der Waals surface area contributed by atoms with Crippen molar-refractivity contribution in [2.75, 3.05) is 37.0 Å². The molecule has 1 aromatic heterocycles. The summed E-state index contributed by atoms with van der Waals surface area (Å²) in [6.07, 6.45) is 1.71. The van der Waals surface area contributed by atoms with Gasteiger partial charge in [-0.25, -0.2) is 14.8 Å². The molecule has 0 spiro atoms. The van der Waals surface area contributed by atoms with E-state index in [4.69, 9.17) is 26.1 Å². The second-order valence-corrected chi connectivity index (χ2v) is 14.3. The van der Waals surface area contributed by atoms with Crippen LogP contribution in [0.15, 0.2) is 36.5 Å². The second kappa shape index (κ2) is 11.4. The maximum absolute atomic E-state index is 13.3. The highest BCUT2D eigenvalue weighted by Crippen LogP contribution is 2.45. The van der Waals surface area contributed by atoms with Gasteiger partial charge >= 0.3 is 6.09 Å². The molecule has 2 bridgehead atoms. The van der Waals surface area contributed by atoms with Gasteiger partial charge in [0.25, 0.3) is 5.91 Å². The molecular formula is C34H37ClN6O5. The Kier molecular flexibility index (Phi) is 7.85. The molecule has 46 heavy (non-hydrogen) atoms. The molecule has 3 aliphatic heterocycles. The van der Waals surface area contributed by atoms with Gasteiger partial charge in [-0.15, -0.1) is 0 Å². The highest BCUT2D eigenvalue weighted by molar-refractivity contribution is 6.34. The molecule has 3 aromatic rings. The van der Waals surface area contributed by atoms with E-state index in [2.05, 4.69) is 16.4 Å². The van der Waals surface area contributed by atoms with Crippen molar-refractivity contribution in [1.29, 1.82) is 5.26 Å². The number of piperidine rings is 2. The van der Waals surface area contributed by atoms with Crippen LogP contribution in [-0.4, -0.2) is 70.4 Å². The SMILES string of the molecule is COc1cc(C(=O)N2CC3CC(C2)C3O)c(Cl)cc1Nc1nccc(-c2cc(C#N)c3c(c2)C(C)(C)CN3C(=O)OC(C)(C)C)n1. The molecule has 2 aromatic carbocycles.